The number of unbranched alkanes of at least 4 members (excludes halogenated alkanes) is 18. The Balaban J connectivity index is 5.46. The molecular weight excluding hydrogens is 892 g/mol. The van der Waals surface area contributed by atoms with Crippen molar-refractivity contribution >= 4 is 19.7 Å². The maximum absolute atomic E-state index is 13.5. The Labute approximate surface area is 430 Å². The molecule has 0 fully saturated rings. The van der Waals surface area contributed by atoms with Crippen LogP contribution < -0.4 is 5.32 Å². The van der Waals surface area contributed by atoms with E-state index in [4.69, 9.17) is 13.8 Å². The molecule has 2 N–H and O–H groups in total. The van der Waals surface area contributed by atoms with Gasteiger partial charge < -0.3 is 19.4 Å². The summed E-state index contributed by atoms with van der Waals surface area (Å²) in [6.45, 7) is 6.69. The SMILES string of the molecule is CC/C=C\C/C=C\C/C=C\C/C=C\C/C=C\CCCCCC(=O)NC(COP(=O)(O)OCC[N+](C)(C)C)C(/C=C\CCCCCCCCCCCC)OC(=O)CCCCCCC\C=C/C=C/C=C/CC. The monoisotopic (exact) mass is 996 g/mol. The third-order valence-corrected chi connectivity index (χ3v) is 12.5. The molecule has 0 aromatic rings. The quantitative estimate of drug-likeness (QED) is 0.0156. The first-order valence-corrected chi connectivity index (χ1v) is 29.2. The van der Waals surface area contributed by atoms with Crippen molar-refractivity contribution in [1.82, 2.24) is 5.32 Å². The summed E-state index contributed by atoms with van der Waals surface area (Å²) >= 11 is 0. The van der Waals surface area contributed by atoms with Gasteiger partial charge in [0.05, 0.1) is 33.8 Å². The van der Waals surface area contributed by atoms with Crippen molar-refractivity contribution in [2.75, 3.05) is 40.9 Å². The number of ether oxygens (including phenoxy) is 1. The third kappa shape index (κ3) is 49.6. The van der Waals surface area contributed by atoms with Crippen molar-refractivity contribution in [2.45, 2.75) is 219 Å². The number of nitrogens with zero attached hydrogens (tertiary/aromatic N) is 1. The first kappa shape index (κ1) is 66.7. The molecule has 0 saturated carbocycles. The van der Waals surface area contributed by atoms with E-state index in [1.807, 2.05) is 39.4 Å². The molecule has 0 aromatic carbocycles. The highest BCUT2D eigenvalue weighted by Crippen LogP contribution is 2.43. The van der Waals surface area contributed by atoms with Crippen LogP contribution in [0.3, 0.4) is 0 Å². The summed E-state index contributed by atoms with van der Waals surface area (Å²) in [6, 6.07) is -0.880. The Hall–Kier alpha value is -3.33. The molecule has 9 nitrogen and oxygen atoms in total. The number of allylic oxidation sites excluding steroid dienone is 17. The van der Waals surface area contributed by atoms with Gasteiger partial charge in [0.15, 0.2) is 0 Å². The van der Waals surface area contributed by atoms with Gasteiger partial charge in [-0.1, -0.05) is 208 Å². The molecule has 70 heavy (non-hydrogen) atoms. The van der Waals surface area contributed by atoms with Crippen molar-refractivity contribution < 1.29 is 37.3 Å². The zero-order chi connectivity index (χ0) is 51.5. The van der Waals surface area contributed by atoms with Crippen LogP contribution in [0.4, 0.5) is 0 Å². The summed E-state index contributed by atoms with van der Waals surface area (Å²) in [5, 5.41) is 3.02. The topological polar surface area (TPSA) is 111 Å². The Morgan fingerprint density at radius 1 is 0.529 bits per heavy atom. The van der Waals surface area contributed by atoms with Crippen LogP contribution >= 0.6 is 7.82 Å². The lowest BCUT2D eigenvalue weighted by atomic mass is 10.1. The highest BCUT2D eigenvalue weighted by atomic mass is 31.2. The second-order valence-corrected chi connectivity index (χ2v) is 20.9. The van der Waals surface area contributed by atoms with Gasteiger partial charge in [-0.2, -0.15) is 0 Å². The molecule has 0 saturated heterocycles. The van der Waals surface area contributed by atoms with Crippen LogP contribution in [0.1, 0.15) is 207 Å². The first-order chi connectivity index (χ1) is 33.9. The molecule has 0 aromatic heterocycles. The van der Waals surface area contributed by atoms with Gasteiger partial charge in [-0.3, -0.25) is 18.6 Å². The molecule has 0 bridgehead atoms. The average molecular weight is 996 g/mol. The molecule has 0 radical (unpaired) electrons. The van der Waals surface area contributed by atoms with Crippen LogP contribution in [0.15, 0.2) is 109 Å². The van der Waals surface area contributed by atoms with E-state index in [1.54, 1.807) is 0 Å². The molecule has 400 valence electrons. The van der Waals surface area contributed by atoms with Gasteiger partial charge in [-0.05, 0) is 96.0 Å². The molecule has 3 unspecified atom stereocenters. The lowest BCUT2D eigenvalue weighted by molar-refractivity contribution is -0.870. The number of phosphoric ester groups is 1. The van der Waals surface area contributed by atoms with Gasteiger partial charge in [-0.15, -0.1) is 0 Å². The van der Waals surface area contributed by atoms with E-state index in [1.165, 1.54) is 51.4 Å². The van der Waals surface area contributed by atoms with E-state index in [0.717, 1.165) is 109 Å². The van der Waals surface area contributed by atoms with Gasteiger partial charge in [-0.25, -0.2) is 4.57 Å². The van der Waals surface area contributed by atoms with E-state index in [9.17, 15) is 19.0 Å². The number of nitrogens with one attached hydrogen (secondary N) is 1. The summed E-state index contributed by atoms with van der Waals surface area (Å²) in [4.78, 5) is 37.5. The number of hydrogen-bond donors (Lipinski definition) is 2. The molecule has 0 aliphatic rings. The summed E-state index contributed by atoms with van der Waals surface area (Å²) in [6.07, 6.45) is 66.6. The van der Waals surface area contributed by atoms with Gasteiger partial charge >= 0.3 is 13.8 Å². The minimum atomic E-state index is -4.46. The van der Waals surface area contributed by atoms with Crippen molar-refractivity contribution in [1.29, 1.82) is 0 Å². The largest absolute Gasteiger partial charge is 0.472 e. The molecule has 1 amide bonds. The van der Waals surface area contributed by atoms with Crippen LogP contribution in [0, 0.1) is 0 Å². The molecule has 0 aliphatic carbocycles. The van der Waals surface area contributed by atoms with Gasteiger partial charge in [0.2, 0.25) is 5.91 Å². The third-order valence-electron chi connectivity index (χ3n) is 11.5. The number of quaternary nitrogens is 1. The van der Waals surface area contributed by atoms with Crippen LogP contribution in [0.2, 0.25) is 0 Å². The zero-order valence-electron chi connectivity index (χ0n) is 45.5. The van der Waals surface area contributed by atoms with E-state index in [-0.39, 0.29) is 37.9 Å². The number of esters is 1. The van der Waals surface area contributed by atoms with Crippen LogP contribution in [0.5, 0.6) is 0 Å². The molecule has 10 heteroatoms. The highest BCUT2D eigenvalue weighted by Gasteiger charge is 2.30. The molecule has 0 spiro atoms. The van der Waals surface area contributed by atoms with E-state index in [2.05, 4.69) is 117 Å². The fourth-order valence-corrected chi connectivity index (χ4v) is 7.99. The van der Waals surface area contributed by atoms with Gasteiger partial charge in [0.25, 0.3) is 0 Å². The average Bonchev–Trinajstić information content (AvgIpc) is 3.32. The predicted molar refractivity (Wildman–Crippen MR) is 300 cm³/mol. The number of amides is 1. The maximum atomic E-state index is 13.5. The number of phosphoric acid groups is 1. The second kappa shape index (κ2) is 49.3. The minimum Gasteiger partial charge on any atom is -0.456 e. The maximum Gasteiger partial charge on any atom is 0.472 e. The number of likely N-dealkylation sites (N-methyl/N-ethyl adjacent to an activating group) is 1. The predicted octanol–water partition coefficient (Wildman–Crippen LogP) is 16.6. The second-order valence-electron chi connectivity index (χ2n) is 19.4. The fourth-order valence-electron chi connectivity index (χ4n) is 7.26. The van der Waals surface area contributed by atoms with Crippen molar-refractivity contribution in [2.24, 2.45) is 0 Å². The minimum absolute atomic E-state index is 0.0239. The Morgan fingerprint density at radius 2 is 0.986 bits per heavy atom. The van der Waals surface area contributed by atoms with Crippen molar-refractivity contribution in [3.63, 3.8) is 0 Å². The first-order valence-electron chi connectivity index (χ1n) is 27.7. The number of rotatable bonds is 48. The molecular formula is C60H104N2O7P+. The summed E-state index contributed by atoms with van der Waals surface area (Å²) in [5.41, 5.74) is 0. The molecule has 0 aliphatic heterocycles. The summed E-state index contributed by atoms with van der Waals surface area (Å²) in [5.74, 6) is -0.577. The van der Waals surface area contributed by atoms with E-state index in [0.29, 0.717) is 23.9 Å². The Morgan fingerprint density at radius 3 is 1.54 bits per heavy atom. The van der Waals surface area contributed by atoms with Crippen molar-refractivity contribution in [3.8, 4) is 0 Å². The number of carbonyl (C=O) groups excluding carboxylic acids is 2. The molecule has 3 atom stereocenters. The lowest BCUT2D eigenvalue weighted by Crippen LogP contribution is -2.47. The standard InChI is InChI=1S/C60H103N2O7P/c1-7-10-13-16-19-22-25-28-29-30-31-32-33-35-37-40-43-46-49-52-59(63)61-57(56-68-70(65,66)67-55-54-62(4,5)6)58(51-48-45-42-39-36-27-24-21-18-15-12-9-3)69-60(64)53-50-47-44-41-38-34-26-23-20-17-14-11-8-2/h10-11,13-14,17,19-20,22-23,26,28-29,31-32,35,37,48,51,57-58H,7-9,12,15-16,18,21,24-25,27,30,33-34,36,38-47,49-50,52-56H2,1-6H3,(H-,61,63,65,66)/p+1/b13-10-,14-11+,20-17+,22-19-,26-23-,29-28-,32-31-,37-35-,51-48-. The Bertz CT molecular complexity index is 1570. The summed E-state index contributed by atoms with van der Waals surface area (Å²) < 4.78 is 30.5. The number of carbonyl (C=O) groups is 2. The highest BCUT2D eigenvalue weighted by molar-refractivity contribution is 7.47. The molecule has 0 rings (SSSR count). The smallest absolute Gasteiger partial charge is 0.456 e. The summed E-state index contributed by atoms with van der Waals surface area (Å²) in [7, 11) is 1.44. The van der Waals surface area contributed by atoms with Crippen molar-refractivity contribution in [3.05, 3.63) is 109 Å². The molecule has 0 heterocycles. The number of hydrogen-bond acceptors (Lipinski definition) is 6. The normalized spacial score (nSPS) is 14.7. The van der Waals surface area contributed by atoms with Gasteiger partial charge in [0, 0.05) is 12.8 Å². The van der Waals surface area contributed by atoms with E-state index < -0.39 is 20.0 Å². The van der Waals surface area contributed by atoms with Crippen LogP contribution in [-0.2, 0) is 27.9 Å². The van der Waals surface area contributed by atoms with Gasteiger partial charge in [0.1, 0.15) is 19.3 Å². The zero-order valence-corrected chi connectivity index (χ0v) is 46.4. The van der Waals surface area contributed by atoms with Crippen LogP contribution in [-0.4, -0.2) is 74.3 Å². The fraction of sp³-hybridized carbons (Fsp3) is 0.667. The lowest BCUT2D eigenvalue weighted by Gasteiger charge is -2.27. The Kier molecular flexibility index (Phi) is 46.9. The van der Waals surface area contributed by atoms with E-state index >= 15 is 0 Å². The van der Waals surface area contributed by atoms with Crippen LogP contribution in [0.25, 0.3) is 0 Å².